The lowest BCUT2D eigenvalue weighted by molar-refractivity contribution is 0.102. The quantitative estimate of drug-likeness (QED) is 0.828. The molecule has 1 amide bonds. The van der Waals surface area contributed by atoms with Crippen LogP contribution in [0.2, 0.25) is 0 Å². The smallest absolute Gasteiger partial charge is 0.256 e. The van der Waals surface area contributed by atoms with Crippen LogP contribution in [0.4, 0.5) is 5.82 Å². The van der Waals surface area contributed by atoms with Crippen LogP contribution < -0.4 is 15.4 Å². The zero-order valence-corrected chi connectivity index (χ0v) is 15.1. The lowest BCUT2D eigenvalue weighted by Gasteiger charge is -2.11. The van der Waals surface area contributed by atoms with E-state index in [1.54, 1.807) is 18.3 Å². The molecule has 1 aromatic heterocycles. The highest BCUT2D eigenvalue weighted by Gasteiger charge is 2.15. The lowest BCUT2D eigenvalue weighted by Crippen LogP contribution is -2.14. The van der Waals surface area contributed by atoms with Crippen molar-refractivity contribution in [3.8, 4) is 5.75 Å². The standard InChI is InChI=1S/C19H23N3O2.ClH/c1-2-24-17-4-3-10-21-18(17)22-19(23)16-7-5-14(6-8-16)12-15-9-11-20-13-15;/h3-8,10,15,20H,2,9,11-13H2,1H3,(H,21,22,23);1H. The minimum Gasteiger partial charge on any atom is -0.490 e. The average Bonchev–Trinajstić information content (AvgIpc) is 3.10. The van der Waals surface area contributed by atoms with E-state index in [-0.39, 0.29) is 18.3 Å². The molecule has 2 aromatic rings. The van der Waals surface area contributed by atoms with E-state index >= 15 is 0 Å². The first-order valence-electron chi connectivity index (χ1n) is 8.45. The number of pyridine rings is 1. The number of hydrogen-bond donors (Lipinski definition) is 2. The van der Waals surface area contributed by atoms with Crippen molar-refractivity contribution in [1.29, 1.82) is 0 Å². The van der Waals surface area contributed by atoms with Gasteiger partial charge in [-0.15, -0.1) is 12.4 Å². The Morgan fingerprint density at radius 1 is 1.32 bits per heavy atom. The van der Waals surface area contributed by atoms with Gasteiger partial charge >= 0.3 is 0 Å². The monoisotopic (exact) mass is 361 g/mol. The number of nitrogens with zero attached hydrogens (tertiary/aromatic N) is 1. The Labute approximate surface area is 154 Å². The van der Waals surface area contributed by atoms with Crippen LogP contribution in [0.15, 0.2) is 42.6 Å². The van der Waals surface area contributed by atoms with Crippen LogP contribution in [-0.2, 0) is 6.42 Å². The number of amides is 1. The summed E-state index contributed by atoms with van der Waals surface area (Å²) in [6.45, 7) is 4.62. The molecule has 0 spiro atoms. The summed E-state index contributed by atoms with van der Waals surface area (Å²) in [7, 11) is 0. The van der Waals surface area contributed by atoms with E-state index < -0.39 is 0 Å². The maximum Gasteiger partial charge on any atom is 0.256 e. The van der Waals surface area contributed by atoms with E-state index in [0.717, 1.165) is 19.5 Å². The van der Waals surface area contributed by atoms with Crippen molar-refractivity contribution in [3.05, 3.63) is 53.7 Å². The number of ether oxygens (including phenoxy) is 1. The van der Waals surface area contributed by atoms with Crippen molar-refractivity contribution in [3.63, 3.8) is 0 Å². The molecule has 1 aliphatic rings. The van der Waals surface area contributed by atoms with Crippen molar-refractivity contribution < 1.29 is 9.53 Å². The molecule has 2 heterocycles. The van der Waals surface area contributed by atoms with Crippen LogP contribution in [0.5, 0.6) is 5.75 Å². The van der Waals surface area contributed by atoms with E-state index in [9.17, 15) is 4.79 Å². The van der Waals surface area contributed by atoms with Gasteiger partial charge in [-0.05, 0) is 68.6 Å². The molecule has 0 aliphatic carbocycles. The summed E-state index contributed by atoms with van der Waals surface area (Å²) in [6.07, 6.45) is 3.92. The summed E-state index contributed by atoms with van der Waals surface area (Å²) < 4.78 is 5.48. The molecule has 3 rings (SSSR count). The van der Waals surface area contributed by atoms with Crippen LogP contribution in [0.25, 0.3) is 0 Å². The highest BCUT2D eigenvalue weighted by atomic mass is 35.5. The van der Waals surface area contributed by atoms with E-state index in [4.69, 9.17) is 4.74 Å². The zero-order valence-electron chi connectivity index (χ0n) is 14.3. The fraction of sp³-hybridized carbons (Fsp3) is 0.368. The number of nitrogens with one attached hydrogen (secondary N) is 2. The van der Waals surface area contributed by atoms with E-state index in [1.165, 1.54) is 12.0 Å². The van der Waals surface area contributed by atoms with Gasteiger partial charge in [-0.25, -0.2) is 4.98 Å². The fourth-order valence-electron chi connectivity index (χ4n) is 2.95. The first-order chi connectivity index (χ1) is 11.8. The molecule has 0 bridgehead atoms. The van der Waals surface area contributed by atoms with Gasteiger partial charge in [0, 0.05) is 11.8 Å². The highest BCUT2D eigenvalue weighted by Crippen LogP contribution is 2.22. The van der Waals surface area contributed by atoms with Crippen molar-refractivity contribution in [2.24, 2.45) is 5.92 Å². The molecule has 1 saturated heterocycles. The number of halogens is 1. The Balaban J connectivity index is 0.00000225. The summed E-state index contributed by atoms with van der Waals surface area (Å²) in [5, 5.41) is 6.20. The van der Waals surface area contributed by atoms with Gasteiger partial charge in [-0.2, -0.15) is 0 Å². The van der Waals surface area contributed by atoms with Gasteiger partial charge in [-0.3, -0.25) is 4.79 Å². The summed E-state index contributed by atoms with van der Waals surface area (Å²) in [5.41, 5.74) is 1.89. The summed E-state index contributed by atoms with van der Waals surface area (Å²) in [4.78, 5) is 16.6. The minimum absolute atomic E-state index is 0. The SMILES string of the molecule is CCOc1cccnc1NC(=O)c1ccc(CC2CCNC2)cc1.Cl. The third-order valence-electron chi connectivity index (χ3n) is 4.21. The molecule has 1 aliphatic heterocycles. The lowest BCUT2D eigenvalue weighted by atomic mass is 9.98. The summed E-state index contributed by atoms with van der Waals surface area (Å²) in [6, 6.07) is 11.4. The first kappa shape index (κ1) is 19.2. The number of hydrogen-bond acceptors (Lipinski definition) is 4. The van der Waals surface area contributed by atoms with Crippen LogP contribution in [0.1, 0.15) is 29.3 Å². The average molecular weight is 362 g/mol. The fourth-order valence-corrected chi connectivity index (χ4v) is 2.95. The molecule has 0 radical (unpaired) electrons. The minimum atomic E-state index is -0.177. The molecule has 2 N–H and O–H groups in total. The Morgan fingerprint density at radius 2 is 2.12 bits per heavy atom. The third-order valence-corrected chi connectivity index (χ3v) is 4.21. The van der Waals surface area contributed by atoms with Gasteiger partial charge in [-0.1, -0.05) is 12.1 Å². The largest absolute Gasteiger partial charge is 0.490 e. The molecular formula is C19H24ClN3O2. The van der Waals surface area contributed by atoms with Crippen LogP contribution in [0.3, 0.4) is 0 Å². The molecule has 5 nitrogen and oxygen atoms in total. The summed E-state index contributed by atoms with van der Waals surface area (Å²) >= 11 is 0. The Hall–Kier alpha value is -2.11. The van der Waals surface area contributed by atoms with Crippen molar-refractivity contribution in [2.45, 2.75) is 19.8 Å². The number of carbonyl (C=O) groups is 1. The second-order valence-corrected chi connectivity index (χ2v) is 6.00. The summed E-state index contributed by atoms with van der Waals surface area (Å²) in [5.74, 6) is 1.56. The first-order valence-corrected chi connectivity index (χ1v) is 8.45. The van der Waals surface area contributed by atoms with Gasteiger partial charge < -0.3 is 15.4 Å². The third kappa shape index (κ3) is 5.18. The van der Waals surface area contributed by atoms with E-state index in [0.29, 0.717) is 29.7 Å². The van der Waals surface area contributed by atoms with Crippen molar-refractivity contribution in [2.75, 3.05) is 25.0 Å². The van der Waals surface area contributed by atoms with Gasteiger partial charge in [0.15, 0.2) is 11.6 Å². The maximum atomic E-state index is 12.4. The van der Waals surface area contributed by atoms with E-state index in [1.807, 2.05) is 31.2 Å². The predicted octanol–water partition coefficient (Wildman–Crippen LogP) is 3.31. The molecule has 6 heteroatoms. The molecule has 134 valence electrons. The maximum absolute atomic E-state index is 12.4. The Morgan fingerprint density at radius 3 is 2.80 bits per heavy atom. The van der Waals surface area contributed by atoms with Gasteiger partial charge in [0.2, 0.25) is 0 Å². The van der Waals surface area contributed by atoms with Crippen molar-refractivity contribution >= 4 is 24.1 Å². The van der Waals surface area contributed by atoms with Crippen LogP contribution >= 0.6 is 12.4 Å². The molecule has 0 saturated carbocycles. The Kier molecular flexibility index (Phi) is 7.22. The molecule has 1 atom stereocenters. The second-order valence-electron chi connectivity index (χ2n) is 6.00. The molecule has 1 fully saturated rings. The predicted molar refractivity (Wildman–Crippen MR) is 102 cm³/mol. The zero-order chi connectivity index (χ0) is 16.8. The van der Waals surface area contributed by atoms with E-state index in [2.05, 4.69) is 15.6 Å². The van der Waals surface area contributed by atoms with Gasteiger partial charge in [0.25, 0.3) is 5.91 Å². The highest BCUT2D eigenvalue weighted by molar-refractivity contribution is 6.04. The number of benzene rings is 1. The number of carbonyl (C=O) groups excluding carboxylic acids is 1. The van der Waals surface area contributed by atoms with Crippen LogP contribution in [0, 0.1) is 5.92 Å². The number of rotatable bonds is 6. The molecular weight excluding hydrogens is 338 g/mol. The molecule has 1 aromatic carbocycles. The second kappa shape index (κ2) is 9.39. The normalized spacial score (nSPS) is 16.1. The van der Waals surface area contributed by atoms with Gasteiger partial charge in [0.1, 0.15) is 0 Å². The molecule has 1 unspecified atom stereocenters. The topological polar surface area (TPSA) is 63.2 Å². The van der Waals surface area contributed by atoms with Crippen molar-refractivity contribution in [1.82, 2.24) is 10.3 Å². The molecule has 25 heavy (non-hydrogen) atoms. The van der Waals surface area contributed by atoms with Gasteiger partial charge in [0.05, 0.1) is 6.61 Å². The Bertz CT molecular complexity index is 685. The van der Waals surface area contributed by atoms with Crippen LogP contribution in [-0.4, -0.2) is 30.6 Å². The number of aromatic nitrogens is 1. The number of anilines is 1.